The Morgan fingerprint density at radius 3 is 2.11 bits per heavy atom. The summed E-state index contributed by atoms with van der Waals surface area (Å²) in [4.78, 5) is 22.2. The fourth-order valence-electron chi connectivity index (χ4n) is 4.62. The number of nitrogens with two attached hydrogens (primary N) is 1. The van der Waals surface area contributed by atoms with Gasteiger partial charge in [-0.25, -0.2) is 0 Å². The summed E-state index contributed by atoms with van der Waals surface area (Å²) in [5, 5.41) is 3.03. The number of benzene rings is 2. The maximum Gasteiger partial charge on any atom is 0.256 e. The van der Waals surface area contributed by atoms with Crippen molar-refractivity contribution in [3.8, 4) is 0 Å². The van der Waals surface area contributed by atoms with Crippen molar-refractivity contribution in [2.45, 2.75) is 32.9 Å². The summed E-state index contributed by atoms with van der Waals surface area (Å²) < 4.78 is 1.06. The van der Waals surface area contributed by atoms with Gasteiger partial charge in [-0.3, -0.25) is 14.7 Å². The van der Waals surface area contributed by atoms with Crippen LogP contribution in [0.25, 0.3) is 10.1 Å². The first-order valence-electron chi connectivity index (χ1n) is 12.3. The molecule has 0 aliphatic carbocycles. The number of fused-ring (bicyclic) bond motifs is 1. The summed E-state index contributed by atoms with van der Waals surface area (Å²) in [5.74, 6) is 0.0824. The number of carbonyl (C=O) groups excluding carboxylic acids is 1. The summed E-state index contributed by atoms with van der Waals surface area (Å²) >= 11 is 1.62. The number of carbonyl (C=O) groups is 1. The Morgan fingerprint density at radius 2 is 1.54 bits per heavy atom. The first-order chi connectivity index (χ1) is 17.2. The summed E-state index contributed by atoms with van der Waals surface area (Å²) in [6, 6.07) is 23.8. The van der Waals surface area contributed by atoms with Gasteiger partial charge in [0.15, 0.2) is 0 Å². The molecule has 2 aromatic heterocycles. The Labute approximate surface area is 213 Å². The van der Waals surface area contributed by atoms with Crippen molar-refractivity contribution in [2.24, 2.45) is 5.73 Å². The van der Waals surface area contributed by atoms with Crippen molar-refractivity contribution in [3.05, 3.63) is 101 Å². The van der Waals surface area contributed by atoms with E-state index in [4.69, 9.17) is 0 Å². The second kappa shape index (κ2) is 13.1. The van der Waals surface area contributed by atoms with Crippen LogP contribution in [0.1, 0.15) is 48.3 Å². The highest BCUT2D eigenvalue weighted by Gasteiger charge is 2.33. The van der Waals surface area contributed by atoms with Crippen LogP contribution in [0, 0.1) is 0 Å². The average Bonchev–Trinajstić information content (AvgIpc) is 3.42. The number of hydrogen-bond donors (Lipinski definition) is 1. The first-order valence-corrected chi connectivity index (χ1v) is 13.1. The van der Waals surface area contributed by atoms with Crippen molar-refractivity contribution >= 4 is 27.3 Å². The third-order valence-electron chi connectivity index (χ3n) is 6.14. The first kappa shape index (κ1) is 26.5. The van der Waals surface area contributed by atoms with E-state index in [-0.39, 0.29) is 18.0 Å². The normalized spacial score (nSPS) is 15.7. The fourth-order valence-corrected chi connectivity index (χ4v) is 5.40. The number of piperazine rings is 1. The predicted octanol–water partition coefficient (Wildman–Crippen LogP) is 5.83. The number of amides is 1. The van der Waals surface area contributed by atoms with Crippen LogP contribution in [-0.2, 0) is 0 Å². The quantitative estimate of drug-likeness (QED) is 0.392. The van der Waals surface area contributed by atoms with Crippen LogP contribution in [0.4, 0.5) is 0 Å². The third kappa shape index (κ3) is 5.96. The minimum Gasteiger partial charge on any atom is -0.336 e. The summed E-state index contributed by atoms with van der Waals surface area (Å²) in [6.07, 6.45) is 3.55. The topological polar surface area (TPSA) is 62.5 Å². The number of aromatic nitrogens is 1. The Balaban J connectivity index is 0.000000815. The van der Waals surface area contributed by atoms with Gasteiger partial charge in [0.2, 0.25) is 0 Å². The van der Waals surface area contributed by atoms with Crippen LogP contribution >= 0.6 is 11.3 Å². The Hall–Kier alpha value is -3.06. The van der Waals surface area contributed by atoms with Crippen molar-refractivity contribution in [1.82, 2.24) is 14.8 Å². The Kier molecular flexibility index (Phi) is 9.97. The molecule has 0 radical (unpaired) electrons. The van der Waals surface area contributed by atoms with Gasteiger partial charge in [0.1, 0.15) is 0 Å². The molecule has 5 nitrogen and oxygen atoms in total. The van der Waals surface area contributed by atoms with Crippen LogP contribution in [0.5, 0.6) is 0 Å². The second-order valence-electron chi connectivity index (χ2n) is 8.08. The van der Waals surface area contributed by atoms with Crippen molar-refractivity contribution < 1.29 is 4.79 Å². The molecule has 5 rings (SSSR count). The summed E-state index contributed by atoms with van der Waals surface area (Å²) in [7, 11) is 1.50. The van der Waals surface area contributed by atoms with Crippen molar-refractivity contribution in [3.63, 3.8) is 0 Å². The van der Waals surface area contributed by atoms with E-state index in [0.717, 1.165) is 16.6 Å². The van der Waals surface area contributed by atoms with Crippen molar-refractivity contribution in [2.75, 3.05) is 26.7 Å². The maximum atomic E-state index is 13.3. The Bertz CT molecular complexity index is 1140. The number of nitrogens with zero attached hydrogens (tertiary/aromatic N) is 3. The molecular formula is C29H36N4OS. The largest absolute Gasteiger partial charge is 0.336 e. The van der Waals surface area contributed by atoms with E-state index in [0.29, 0.717) is 18.7 Å². The van der Waals surface area contributed by atoms with E-state index in [1.807, 2.05) is 36.4 Å². The van der Waals surface area contributed by atoms with Gasteiger partial charge < -0.3 is 10.6 Å². The van der Waals surface area contributed by atoms with Gasteiger partial charge in [0.05, 0.1) is 16.3 Å². The van der Waals surface area contributed by atoms with Crippen LogP contribution in [-0.4, -0.2) is 53.4 Å². The van der Waals surface area contributed by atoms with Crippen LogP contribution in [0.2, 0.25) is 0 Å². The molecule has 1 saturated heterocycles. The molecule has 1 amide bonds. The van der Waals surface area contributed by atoms with Gasteiger partial charge >= 0.3 is 0 Å². The van der Waals surface area contributed by atoms with E-state index in [2.05, 4.69) is 83.2 Å². The fraction of sp³-hybridized carbons (Fsp3) is 0.310. The molecule has 1 aliphatic rings. The number of pyridine rings is 1. The molecule has 0 saturated carbocycles. The molecule has 4 aromatic rings. The van der Waals surface area contributed by atoms with E-state index in [9.17, 15) is 4.79 Å². The monoisotopic (exact) mass is 488 g/mol. The van der Waals surface area contributed by atoms with Crippen LogP contribution < -0.4 is 5.73 Å². The standard InChI is InChI=1S/C26H25N3OS.C2H6.CH5N/c1-19-18-28(26(30)23-16-27-17-24-22(23)12-15-31-24)13-14-29(19)25(20-8-4-2-5-9-20)21-10-6-3-7-11-21;2*1-2/h2-12,15-17,19,25H,13-14,18H2,1H3;1-2H3;2H2,1H3/t19-;;/m0../s1. The Morgan fingerprint density at radius 1 is 0.943 bits per heavy atom. The molecule has 0 bridgehead atoms. The predicted molar refractivity (Wildman–Crippen MR) is 148 cm³/mol. The molecule has 35 heavy (non-hydrogen) atoms. The highest BCUT2D eigenvalue weighted by Crippen LogP contribution is 2.32. The maximum absolute atomic E-state index is 13.3. The number of thiophene rings is 1. The lowest BCUT2D eigenvalue weighted by Gasteiger charge is -2.44. The molecule has 0 unspecified atom stereocenters. The van der Waals surface area contributed by atoms with Gasteiger partial charge in [-0.2, -0.15) is 0 Å². The van der Waals surface area contributed by atoms with E-state index < -0.39 is 0 Å². The van der Waals surface area contributed by atoms with Gasteiger partial charge in [-0.1, -0.05) is 74.5 Å². The third-order valence-corrected chi connectivity index (χ3v) is 6.99. The zero-order chi connectivity index (χ0) is 25.2. The molecule has 2 N–H and O–H groups in total. The molecule has 3 heterocycles. The van der Waals surface area contributed by atoms with Crippen LogP contribution in [0.15, 0.2) is 84.5 Å². The molecule has 0 spiro atoms. The summed E-state index contributed by atoms with van der Waals surface area (Å²) in [6.45, 7) is 8.46. The number of rotatable bonds is 4. The smallest absolute Gasteiger partial charge is 0.256 e. The lowest BCUT2D eigenvalue weighted by molar-refractivity contribution is 0.0430. The number of hydrogen-bond acceptors (Lipinski definition) is 5. The van der Waals surface area contributed by atoms with Gasteiger partial charge in [0, 0.05) is 43.5 Å². The molecule has 1 fully saturated rings. The van der Waals surface area contributed by atoms with E-state index >= 15 is 0 Å². The highest BCUT2D eigenvalue weighted by molar-refractivity contribution is 7.17. The SMILES string of the molecule is CC.CN.C[C@H]1CN(C(=O)c2cncc3sccc23)CCN1C(c1ccccc1)c1ccccc1. The minimum atomic E-state index is 0.0824. The summed E-state index contributed by atoms with van der Waals surface area (Å²) in [5.41, 5.74) is 7.78. The molecule has 6 heteroatoms. The zero-order valence-corrected chi connectivity index (χ0v) is 21.9. The zero-order valence-electron chi connectivity index (χ0n) is 21.1. The lowest BCUT2D eigenvalue weighted by atomic mass is 9.94. The molecule has 1 aliphatic heterocycles. The average molecular weight is 489 g/mol. The highest BCUT2D eigenvalue weighted by atomic mass is 32.1. The molecular weight excluding hydrogens is 452 g/mol. The molecule has 184 valence electrons. The molecule has 1 atom stereocenters. The van der Waals surface area contributed by atoms with Crippen molar-refractivity contribution in [1.29, 1.82) is 0 Å². The van der Waals surface area contributed by atoms with Gasteiger partial charge in [-0.15, -0.1) is 11.3 Å². The second-order valence-corrected chi connectivity index (χ2v) is 9.03. The lowest BCUT2D eigenvalue weighted by Crippen LogP contribution is -2.54. The van der Waals surface area contributed by atoms with Gasteiger partial charge in [0.25, 0.3) is 5.91 Å². The van der Waals surface area contributed by atoms with E-state index in [1.165, 1.54) is 18.2 Å². The van der Waals surface area contributed by atoms with Crippen LogP contribution in [0.3, 0.4) is 0 Å². The van der Waals surface area contributed by atoms with E-state index in [1.54, 1.807) is 17.5 Å². The minimum absolute atomic E-state index is 0.0824. The van der Waals surface area contributed by atoms with Gasteiger partial charge in [-0.05, 0) is 36.5 Å². The molecule has 2 aromatic carbocycles.